The van der Waals surface area contributed by atoms with Crippen LogP contribution in [0.3, 0.4) is 0 Å². The lowest BCUT2D eigenvalue weighted by Crippen LogP contribution is -2.47. The van der Waals surface area contributed by atoms with Crippen molar-refractivity contribution in [3.63, 3.8) is 0 Å². The molecule has 3 aliphatic rings. The first kappa shape index (κ1) is 15.3. The molecular formula is C17H29NO3. The Morgan fingerprint density at radius 3 is 2.43 bits per heavy atom. The highest BCUT2D eigenvalue weighted by Crippen LogP contribution is 2.39. The number of ether oxygens (including phenoxy) is 1. The molecule has 1 aliphatic carbocycles. The van der Waals surface area contributed by atoms with Crippen molar-refractivity contribution in [3.8, 4) is 0 Å². The van der Waals surface area contributed by atoms with Crippen LogP contribution in [0, 0.1) is 17.8 Å². The Hall–Kier alpha value is -0.610. The molecule has 1 saturated carbocycles. The summed E-state index contributed by atoms with van der Waals surface area (Å²) in [7, 11) is 0. The first-order chi connectivity index (χ1) is 10.0. The zero-order valence-corrected chi connectivity index (χ0v) is 13.5. The van der Waals surface area contributed by atoms with Crippen LogP contribution < -0.4 is 0 Å². The van der Waals surface area contributed by atoms with E-state index in [4.69, 9.17) is 4.74 Å². The molecule has 2 heterocycles. The summed E-state index contributed by atoms with van der Waals surface area (Å²) in [5, 5.41) is 10.2. The van der Waals surface area contributed by atoms with E-state index in [9.17, 15) is 9.90 Å². The van der Waals surface area contributed by atoms with Gasteiger partial charge in [-0.3, -0.25) is 4.79 Å². The van der Waals surface area contributed by atoms with Gasteiger partial charge in [-0.1, -0.05) is 13.3 Å². The molecule has 3 fully saturated rings. The molecular weight excluding hydrogens is 266 g/mol. The molecule has 120 valence electrons. The Balaban J connectivity index is 1.74. The van der Waals surface area contributed by atoms with Gasteiger partial charge < -0.3 is 14.7 Å². The molecule has 0 spiro atoms. The minimum atomic E-state index is -0.211. The van der Waals surface area contributed by atoms with Gasteiger partial charge in [0.1, 0.15) is 0 Å². The Morgan fingerprint density at radius 1 is 1.10 bits per heavy atom. The van der Waals surface area contributed by atoms with E-state index in [1.807, 2.05) is 6.92 Å². The maximum atomic E-state index is 13.1. The van der Waals surface area contributed by atoms with Crippen LogP contribution in [0.4, 0.5) is 0 Å². The Bertz CT molecular complexity index is 399. The van der Waals surface area contributed by atoms with Crippen LogP contribution in [0.5, 0.6) is 0 Å². The maximum absolute atomic E-state index is 13.1. The van der Waals surface area contributed by atoms with E-state index in [0.717, 1.165) is 38.6 Å². The van der Waals surface area contributed by atoms with Gasteiger partial charge in [0.15, 0.2) is 0 Å². The van der Waals surface area contributed by atoms with E-state index in [1.54, 1.807) is 0 Å². The van der Waals surface area contributed by atoms with Crippen molar-refractivity contribution in [2.75, 3.05) is 6.54 Å². The van der Waals surface area contributed by atoms with E-state index in [2.05, 4.69) is 18.7 Å². The molecule has 1 N–H and O–H groups in total. The highest BCUT2D eigenvalue weighted by Gasteiger charge is 2.47. The highest BCUT2D eigenvalue weighted by atomic mass is 16.5. The van der Waals surface area contributed by atoms with Crippen molar-refractivity contribution in [3.05, 3.63) is 0 Å². The van der Waals surface area contributed by atoms with Crippen LogP contribution in [0.2, 0.25) is 0 Å². The van der Waals surface area contributed by atoms with Gasteiger partial charge in [-0.15, -0.1) is 0 Å². The van der Waals surface area contributed by atoms with Crippen LogP contribution in [0.15, 0.2) is 0 Å². The summed E-state index contributed by atoms with van der Waals surface area (Å²) in [6, 6.07) is 0.255. The van der Waals surface area contributed by atoms with Crippen LogP contribution >= 0.6 is 0 Å². The standard InChI is InChI=1S/C17H29NO3/c1-10-11(2)21-12(3)16(10)17(20)18-9-5-7-14(18)13-6-4-8-15(13)19/h10-16,19H,4-9H2,1-3H3. The van der Waals surface area contributed by atoms with Gasteiger partial charge in [0.2, 0.25) is 5.91 Å². The number of aliphatic hydroxyl groups is 1. The Labute approximate surface area is 127 Å². The largest absolute Gasteiger partial charge is 0.393 e. The molecule has 0 aromatic rings. The van der Waals surface area contributed by atoms with E-state index in [1.165, 1.54) is 0 Å². The van der Waals surface area contributed by atoms with Crippen LogP contribution in [-0.2, 0) is 9.53 Å². The molecule has 2 saturated heterocycles. The van der Waals surface area contributed by atoms with Crippen molar-refractivity contribution >= 4 is 5.91 Å². The lowest BCUT2D eigenvalue weighted by atomic mass is 9.87. The third-order valence-electron chi connectivity index (χ3n) is 6.14. The predicted octanol–water partition coefficient (Wildman–Crippen LogP) is 2.20. The minimum absolute atomic E-state index is 0.0113. The van der Waals surface area contributed by atoms with Gasteiger partial charge in [0, 0.05) is 18.5 Å². The van der Waals surface area contributed by atoms with Gasteiger partial charge in [0.05, 0.1) is 24.2 Å². The minimum Gasteiger partial charge on any atom is -0.393 e. The fourth-order valence-electron chi connectivity index (χ4n) is 4.81. The number of amides is 1. The summed E-state index contributed by atoms with van der Waals surface area (Å²) in [5.41, 5.74) is 0. The number of carbonyl (C=O) groups excluding carboxylic acids is 1. The number of nitrogens with zero attached hydrogens (tertiary/aromatic N) is 1. The van der Waals surface area contributed by atoms with E-state index in [-0.39, 0.29) is 42.1 Å². The quantitative estimate of drug-likeness (QED) is 0.849. The number of hydrogen-bond donors (Lipinski definition) is 1. The average Bonchev–Trinajstić information content (AvgIpc) is 3.10. The molecule has 2 aliphatic heterocycles. The van der Waals surface area contributed by atoms with Gasteiger partial charge in [-0.05, 0) is 45.4 Å². The van der Waals surface area contributed by atoms with Crippen LogP contribution in [0.1, 0.15) is 52.9 Å². The molecule has 7 unspecified atom stereocenters. The number of hydrogen-bond acceptors (Lipinski definition) is 3. The maximum Gasteiger partial charge on any atom is 0.228 e. The SMILES string of the molecule is CC1OC(C)C(C(=O)N2CCCC2C2CCCC2O)C1C. The third kappa shape index (κ3) is 2.61. The molecule has 0 aromatic heterocycles. The molecule has 0 aromatic carbocycles. The average molecular weight is 295 g/mol. The van der Waals surface area contributed by atoms with Crippen LogP contribution in [0.25, 0.3) is 0 Å². The fraction of sp³-hybridized carbons (Fsp3) is 0.941. The lowest BCUT2D eigenvalue weighted by molar-refractivity contribution is -0.140. The number of carbonyl (C=O) groups is 1. The van der Waals surface area contributed by atoms with Gasteiger partial charge in [-0.25, -0.2) is 0 Å². The zero-order chi connectivity index (χ0) is 15.1. The van der Waals surface area contributed by atoms with E-state index >= 15 is 0 Å². The van der Waals surface area contributed by atoms with Crippen molar-refractivity contribution in [2.24, 2.45) is 17.8 Å². The fourth-order valence-corrected chi connectivity index (χ4v) is 4.81. The van der Waals surface area contributed by atoms with Crippen molar-refractivity contribution < 1.29 is 14.6 Å². The van der Waals surface area contributed by atoms with Gasteiger partial charge >= 0.3 is 0 Å². The second-order valence-corrected chi connectivity index (χ2v) is 7.33. The smallest absolute Gasteiger partial charge is 0.228 e. The number of rotatable bonds is 2. The monoisotopic (exact) mass is 295 g/mol. The topological polar surface area (TPSA) is 49.8 Å². The molecule has 4 nitrogen and oxygen atoms in total. The summed E-state index contributed by atoms with van der Waals surface area (Å²) in [6.45, 7) is 7.08. The Morgan fingerprint density at radius 2 is 1.86 bits per heavy atom. The lowest BCUT2D eigenvalue weighted by Gasteiger charge is -2.34. The van der Waals surface area contributed by atoms with Gasteiger partial charge in [0.25, 0.3) is 0 Å². The molecule has 7 atom stereocenters. The highest BCUT2D eigenvalue weighted by molar-refractivity contribution is 5.80. The molecule has 0 radical (unpaired) electrons. The first-order valence-electron chi connectivity index (χ1n) is 8.64. The molecule has 21 heavy (non-hydrogen) atoms. The normalized spacial score (nSPS) is 47.2. The van der Waals surface area contributed by atoms with Crippen LogP contribution in [-0.4, -0.2) is 46.8 Å². The molecule has 4 heteroatoms. The van der Waals surface area contributed by atoms with Crippen molar-refractivity contribution in [2.45, 2.75) is 77.2 Å². The second-order valence-electron chi connectivity index (χ2n) is 7.33. The summed E-state index contributed by atoms with van der Waals surface area (Å²) >= 11 is 0. The predicted molar refractivity (Wildman–Crippen MR) is 80.7 cm³/mol. The summed E-state index contributed by atoms with van der Waals surface area (Å²) < 4.78 is 5.85. The second kappa shape index (κ2) is 5.88. The number of aliphatic hydroxyl groups excluding tert-OH is 1. The summed E-state index contributed by atoms with van der Waals surface area (Å²) in [5.74, 6) is 0.823. The Kier molecular flexibility index (Phi) is 4.28. The number of likely N-dealkylation sites (tertiary alicyclic amines) is 1. The van der Waals surface area contributed by atoms with E-state index in [0.29, 0.717) is 5.92 Å². The third-order valence-corrected chi connectivity index (χ3v) is 6.14. The molecule has 0 bridgehead atoms. The van der Waals surface area contributed by atoms with E-state index < -0.39 is 0 Å². The summed E-state index contributed by atoms with van der Waals surface area (Å²) in [4.78, 5) is 15.1. The molecule has 3 rings (SSSR count). The first-order valence-corrected chi connectivity index (χ1v) is 8.64. The zero-order valence-electron chi connectivity index (χ0n) is 13.5. The van der Waals surface area contributed by atoms with Crippen molar-refractivity contribution in [1.82, 2.24) is 4.90 Å². The van der Waals surface area contributed by atoms with Crippen molar-refractivity contribution in [1.29, 1.82) is 0 Å². The summed E-state index contributed by atoms with van der Waals surface area (Å²) in [6.07, 6.45) is 5.16. The molecule has 1 amide bonds. The van der Waals surface area contributed by atoms with Gasteiger partial charge in [-0.2, -0.15) is 0 Å².